The molecular formula is C6H7N4+. The highest BCUT2D eigenvalue weighted by atomic mass is 15.0. The molecule has 10 heavy (non-hydrogen) atoms. The second-order valence-corrected chi connectivity index (χ2v) is 2.12. The van der Waals surface area contributed by atoms with Crippen molar-refractivity contribution in [2.75, 3.05) is 0 Å². The van der Waals surface area contributed by atoms with E-state index >= 15 is 0 Å². The topological polar surface area (TPSA) is 55.7 Å². The van der Waals surface area contributed by atoms with E-state index in [0.29, 0.717) is 0 Å². The summed E-state index contributed by atoms with van der Waals surface area (Å²) in [4.78, 5) is 14.0. The number of rotatable bonds is 0. The summed E-state index contributed by atoms with van der Waals surface area (Å²) >= 11 is 0. The molecule has 0 unspecified atom stereocenters. The van der Waals surface area contributed by atoms with Gasteiger partial charge in [0.1, 0.15) is 0 Å². The fourth-order valence-corrected chi connectivity index (χ4v) is 0.933. The number of H-pyrrole nitrogens is 2. The third-order valence-corrected chi connectivity index (χ3v) is 1.46. The highest BCUT2D eigenvalue weighted by Crippen LogP contribution is 2.03. The van der Waals surface area contributed by atoms with E-state index < -0.39 is 0 Å². The Bertz CT molecular complexity index is 351. The van der Waals surface area contributed by atoms with Gasteiger partial charge in [-0.3, -0.25) is 4.98 Å². The number of nitrogens with zero attached hydrogens (tertiary/aromatic N) is 2. The molecule has 2 rings (SSSR count). The number of nitrogens with one attached hydrogen (secondary N) is 2. The smallest absolute Gasteiger partial charge is 0.273 e. The summed E-state index contributed by atoms with van der Waals surface area (Å²) in [5.41, 5.74) is 2.79. The molecule has 4 heteroatoms. The maximum atomic E-state index is 4.02. The zero-order valence-electron chi connectivity index (χ0n) is 5.55. The molecule has 0 bridgehead atoms. The molecular weight excluding hydrogens is 128 g/mol. The predicted molar refractivity (Wildman–Crippen MR) is 35.2 cm³/mol. The Morgan fingerprint density at radius 3 is 3.20 bits per heavy atom. The van der Waals surface area contributed by atoms with Gasteiger partial charge in [0.05, 0.1) is 5.69 Å². The molecule has 2 heterocycles. The summed E-state index contributed by atoms with van der Waals surface area (Å²) in [6.07, 6.45) is 3.29. The minimum Gasteiger partial charge on any atom is -0.273 e. The molecule has 0 amide bonds. The third-order valence-electron chi connectivity index (χ3n) is 1.46. The Morgan fingerprint density at radius 1 is 1.50 bits per heavy atom. The first kappa shape index (κ1) is 5.34. The number of aromatic amines is 2. The molecule has 4 nitrogen and oxygen atoms in total. The van der Waals surface area contributed by atoms with Crippen LogP contribution in [-0.4, -0.2) is 15.0 Å². The van der Waals surface area contributed by atoms with Crippen LogP contribution in [0.3, 0.4) is 0 Å². The second-order valence-electron chi connectivity index (χ2n) is 2.12. The van der Waals surface area contributed by atoms with Crippen molar-refractivity contribution in [3.05, 3.63) is 18.3 Å². The van der Waals surface area contributed by atoms with E-state index in [9.17, 15) is 0 Å². The summed E-state index contributed by atoms with van der Waals surface area (Å²) in [6.45, 7) is 1.94. The van der Waals surface area contributed by atoms with Crippen LogP contribution in [0.15, 0.2) is 12.7 Å². The molecule has 0 aromatic carbocycles. The Hall–Kier alpha value is -1.45. The largest absolute Gasteiger partial charge is 0.302 e. The standard InChI is InChI=1S/C6H6N4/c1-4-5-6(9-2-7-4)10-3-8-5/h2-3H,1H3,(H,7,8,9,10)/p+1. The molecule has 2 aromatic rings. The van der Waals surface area contributed by atoms with E-state index in [1.165, 1.54) is 0 Å². The summed E-state index contributed by atoms with van der Waals surface area (Å²) < 4.78 is 0. The molecule has 2 N–H and O–H groups in total. The fraction of sp³-hybridized carbons (Fsp3) is 0.167. The minimum absolute atomic E-state index is 0.854. The van der Waals surface area contributed by atoms with Gasteiger partial charge in [0.15, 0.2) is 18.2 Å². The maximum absolute atomic E-state index is 4.02. The maximum Gasteiger partial charge on any atom is 0.302 e. The lowest BCUT2D eigenvalue weighted by Crippen LogP contribution is -1.97. The number of hydrogen-bond donors (Lipinski definition) is 1. The lowest BCUT2D eigenvalue weighted by Gasteiger charge is -1.83. The van der Waals surface area contributed by atoms with Crippen molar-refractivity contribution in [1.29, 1.82) is 0 Å². The van der Waals surface area contributed by atoms with Gasteiger partial charge in [0.2, 0.25) is 0 Å². The Balaban J connectivity index is 2.95. The molecule has 0 saturated heterocycles. The van der Waals surface area contributed by atoms with Crippen LogP contribution in [0, 0.1) is 6.92 Å². The molecule has 0 aliphatic heterocycles. The van der Waals surface area contributed by atoms with Crippen molar-refractivity contribution in [2.24, 2.45) is 0 Å². The van der Waals surface area contributed by atoms with E-state index in [1.807, 2.05) is 6.92 Å². The van der Waals surface area contributed by atoms with Crippen molar-refractivity contribution >= 4 is 11.2 Å². The lowest BCUT2D eigenvalue weighted by atomic mass is 10.4. The van der Waals surface area contributed by atoms with E-state index in [0.717, 1.165) is 16.9 Å². The molecule has 2 aromatic heterocycles. The van der Waals surface area contributed by atoms with Gasteiger partial charge in [-0.15, -0.1) is 0 Å². The van der Waals surface area contributed by atoms with Gasteiger partial charge < -0.3 is 0 Å². The van der Waals surface area contributed by atoms with Crippen LogP contribution in [0.5, 0.6) is 0 Å². The normalized spacial score (nSPS) is 10.5. The summed E-state index contributed by atoms with van der Waals surface area (Å²) in [5.74, 6) is 0. The van der Waals surface area contributed by atoms with Gasteiger partial charge in [-0.2, -0.15) is 0 Å². The Kier molecular flexibility index (Phi) is 0.943. The molecule has 50 valence electrons. The van der Waals surface area contributed by atoms with Crippen LogP contribution < -0.4 is 4.98 Å². The average molecular weight is 135 g/mol. The molecule has 0 atom stereocenters. The van der Waals surface area contributed by atoms with E-state index in [-0.39, 0.29) is 0 Å². The third kappa shape index (κ3) is 0.586. The predicted octanol–water partition coefficient (Wildman–Crippen LogP) is 0.0804. The summed E-state index contributed by atoms with van der Waals surface area (Å²) in [6, 6.07) is 0. The first-order valence-electron chi connectivity index (χ1n) is 3.04. The number of aryl methyl sites for hydroxylation is 1. The molecule has 0 aliphatic carbocycles. The van der Waals surface area contributed by atoms with Crippen LogP contribution in [0.4, 0.5) is 0 Å². The Labute approximate surface area is 57.3 Å². The monoisotopic (exact) mass is 135 g/mol. The zero-order chi connectivity index (χ0) is 6.97. The molecule has 0 radical (unpaired) electrons. The van der Waals surface area contributed by atoms with Crippen LogP contribution in [0.25, 0.3) is 11.2 Å². The zero-order valence-corrected chi connectivity index (χ0v) is 5.55. The van der Waals surface area contributed by atoms with Gasteiger partial charge in [0, 0.05) is 0 Å². The van der Waals surface area contributed by atoms with E-state index in [1.54, 1.807) is 12.7 Å². The average Bonchev–Trinajstić information content (AvgIpc) is 2.36. The van der Waals surface area contributed by atoms with Crippen LogP contribution in [-0.2, 0) is 0 Å². The highest BCUT2D eigenvalue weighted by molar-refractivity contribution is 5.67. The first-order valence-corrected chi connectivity index (χ1v) is 3.04. The molecule has 0 spiro atoms. The van der Waals surface area contributed by atoms with Crippen molar-refractivity contribution < 1.29 is 4.98 Å². The Morgan fingerprint density at radius 2 is 2.40 bits per heavy atom. The quantitative estimate of drug-likeness (QED) is 0.556. The van der Waals surface area contributed by atoms with Crippen LogP contribution >= 0.6 is 0 Å². The lowest BCUT2D eigenvalue weighted by molar-refractivity contribution is -0.347. The van der Waals surface area contributed by atoms with Gasteiger partial charge >= 0.3 is 5.65 Å². The van der Waals surface area contributed by atoms with Gasteiger partial charge in [-0.1, -0.05) is 4.98 Å². The van der Waals surface area contributed by atoms with Gasteiger partial charge in [-0.25, -0.2) is 9.97 Å². The number of fused-ring (bicyclic) bond motifs is 1. The van der Waals surface area contributed by atoms with Gasteiger partial charge in [0.25, 0.3) is 0 Å². The van der Waals surface area contributed by atoms with Crippen molar-refractivity contribution in [3.63, 3.8) is 0 Å². The van der Waals surface area contributed by atoms with Crippen LogP contribution in [0.1, 0.15) is 5.69 Å². The van der Waals surface area contributed by atoms with Crippen molar-refractivity contribution in [2.45, 2.75) is 6.92 Å². The van der Waals surface area contributed by atoms with Crippen molar-refractivity contribution in [1.82, 2.24) is 15.0 Å². The van der Waals surface area contributed by atoms with E-state index in [2.05, 4.69) is 19.9 Å². The van der Waals surface area contributed by atoms with E-state index in [4.69, 9.17) is 0 Å². The summed E-state index contributed by atoms with van der Waals surface area (Å²) in [7, 11) is 0. The number of imidazole rings is 1. The summed E-state index contributed by atoms with van der Waals surface area (Å²) in [5, 5.41) is 0. The number of hydrogen-bond acceptors (Lipinski definition) is 2. The van der Waals surface area contributed by atoms with Crippen molar-refractivity contribution in [3.8, 4) is 0 Å². The first-order chi connectivity index (χ1) is 4.88. The van der Waals surface area contributed by atoms with Crippen LogP contribution in [0.2, 0.25) is 0 Å². The second kappa shape index (κ2) is 1.76. The highest BCUT2D eigenvalue weighted by Gasteiger charge is 2.05. The molecule has 0 fully saturated rings. The SMILES string of the molecule is Cc1ncnc2[nH+]c[nH]c12. The molecule has 0 aliphatic rings. The number of aromatic nitrogens is 4. The molecule has 0 saturated carbocycles. The minimum atomic E-state index is 0.854. The fourth-order valence-electron chi connectivity index (χ4n) is 0.933. The van der Waals surface area contributed by atoms with Gasteiger partial charge in [-0.05, 0) is 6.92 Å².